The Hall–Kier alpha value is -0.0800. The average Bonchev–Trinajstić information content (AvgIpc) is 2.68. The molecule has 1 spiro atoms. The van der Waals surface area contributed by atoms with E-state index in [1.165, 1.54) is 45.3 Å². The summed E-state index contributed by atoms with van der Waals surface area (Å²) in [6, 6.07) is 0. The molecule has 1 aliphatic heterocycles. The van der Waals surface area contributed by atoms with Crippen LogP contribution in [-0.4, -0.2) is 38.3 Å². The van der Waals surface area contributed by atoms with Crippen molar-refractivity contribution in [3.05, 3.63) is 0 Å². The summed E-state index contributed by atoms with van der Waals surface area (Å²) in [5, 5.41) is 0. The largest absolute Gasteiger partial charge is 0.385 e. The second-order valence-electron chi connectivity index (χ2n) is 4.37. The normalized spacial score (nSPS) is 26.8. The maximum atomic E-state index is 5.04. The highest BCUT2D eigenvalue weighted by Crippen LogP contribution is 2.52. The molecular weight excluding hydrogens is 150 g/mol. The van der Waals surface area contributed by atoms with E-state index >= 15 is 0 Å². The molecule has 70 valence electrons. The monoisotopic (exact) mass is 169 g/mol. The Morgan fingerprint density at radius 3 is 2.75 bits per heavy atom. The SMILES string of the molecule is COCCCN1CCC2(CC2)C1. The second-order valence-corrected chi connectivity index (χ2v) is 4.37. The third kappa shape index (κ3) is 1.80. The summed E-state index contributed by atoms with van der Waals surface area (Å²) >= 11 is 0. The van der Waals surface area contributed by atoms with Crippen LogP contribution in [0.1, 0.15) is 25.7 Å². The molecule has 2 rings (SSSR count). The van der Waals surface area contributed by atoms with Crippen molar-refractivity contribution in [3.8, 4) is 0 Å². The molecule has 2 fully saturated rings. The lowest BCUT2D eigenvalue weighted by Crippen LogP contribution is -2.23. The number of hydrogen-bond donors (Lipinski definition) is 0. The van der Waals surface area contributed by atoms with Gasteiger partial charge in [-0.25, -0.2) is 0 Å². The Balaban J connectivity index is 1.63. The zero-order valence-electron chi connectivity index (χ0n) is 8.01. The zero-order chi connectivity index (χ0) is 8.44. The molecule has 12 heavy (non-hydrogen) atoms. The van der Waals surface area contributed by atoms with Crippen LogP contribution in [0.2, 0.25) is 0 Å². The van der Waals surface area contributed by atoms with Gasteiger partial charge in [0, 0.05) is 26.8 Å². The van der Waals surface area contributed by atoms with Gasteiger partial charge in [0.25, 0.3) is 0 Å². The van der Waals surface area contributed by atoms with Crippen molar-refractivity contribution in [2.45, 2.75) is 25.7 Å². The van der Waals surface area contributed by atoms with Gasteiger partial charge in [-0.2, -0.15) is 0 Å². The molecule has 0 radical (unpaired) electrons. The minimum atomic E-state index is 0.799. The van der Waals surface area contributed by atoms with Crippen molar-refractivity contribution in [1.29, 1.82) is 0 Å². The Morgan fingerprint density at radius 2 is 2.17 bits per heavy atom. The van der Waals surface area contributed by atoms with Crippen LogP contribution in [0.3, 0.4) is 0 Å². The minimum Gasteiger partial charge on any atom is -0.385 e. The third-order valence-electron chi connectivity index (χ3n) is 3.30. The van der Waals surface area contributed by atoms with E-state index in [1.54, 1.807) is 7.11 Å². The Kier molecular flexibility index (Phi) is 2.37. The fourth-order valence-electron chi connectivity index (χ4n) is 2.24. The average molecular weight is 169 g/mol. The van der Waals surface area contributed by atoms with E-state index in [2.05, 4.69) is 4.90 Å². The molecular formula is C10H19NO. The number of nitrogens with zero attached hydrogens (tertiary/aromatic N) is 1. The van der Waals surface area contributed by atoms with E-state index < -0.39 is 0 Å². The predicted molar refractivity (Wildman–Crippen MR) is 49.2 cm³/mol. The van der Waals surface area contributed by atoms with Crippen LogP contribution in [0, 0.1) is 5.41 Å². The predicted octanol–water partition coefficient (Wildman–Crippen LogP) is 1.51. The summed E-state index contributed by atoms with van der Waals surface area (Å²) in [6.07, 6.45) is 5.65. The molecule has 1 saturated carbocycles. The Morgan fingerprint density at radius 1 is 1.33 bits per heavy atom. The molecule has 0 aromatic rings. The first-order valence-electron chi connectivity index (χ1n) is 5.06. The summed E-state index contributed by atoms with van der Waals surface area (Å²) in [6.45, 7) is 4.87. The van der Waals surface area contributed by atoms with Crippen LogP contribution in [0.5, 0.6) is 0 Å². The van der Waals surface area contributed by atoms with Gasteiger partial charge in [0.05, 0.1) is 0 Å². The molecule has 1 heterocycles. The van der Waals surface area contributed by atoms with Gasteiger partial charge in [-0.3, -0.25) is 0 Å². The van der Waals surface area contributed by atoms with Gasteiger partial charge in [-0.15, -0.1) is 0 Å². The highest BCUT2D eigenvalue weighted by molar-refractivity contribution is 5.00. The van der Waals surface area contributed by atoms with Crippen molar-refractivity contribution < 1.29 is 4.74 Å². The molecule has 1 saturated heterocycles. The lowest BCUT2D eigenvalue weighted by molar-refractivity contribution is 0.178. The van der Waals surface area contributed by atoms with Crippen molar-refractivity contribution in [1.82, 2.24) is 4.90 Å². The number of methoxy groups -OCH3 is 1. The molecule has 2 nitrogen and oxygen atoms in total. The first-order chi connectivity index (χ1) is 5.85. The van der Waals surface area contributed by atoms with Gasteiger partial charge in [-0.05, 0) is 37.6 Å². The molecule has 0 bridgehead atoms. The number of rotatable bonds is 4. The van der Waals surface area contributed by atoms with Crippen LogP contribution in [0.25, 0.3) is 0 Å². The summed E-state index contributed by atoms with van der Waals surface area (Å²) in [5.41, 5.74) is 0.799. The number of likely N-dealkylation sites (tertiary alicyclic amines) is 1. The van der Waals surface area contributed by atoms with E-state index in [-0.39, 0.29) is 0 Å². The molecule has 1 aliphatic carbocycles. The van der Waals surface area contributed by atoms with E-state index in [0.29, 0.717) is 0 Å². The first-order valence-corrected chi connectivity index (χ1v) is 5.06. The zero-order valence-corrected chi connectivity index (χ0v) is 8.01. The fraction of sp³-hybridized carbons (Fsp3) is 1.00. The van der Waals surface area contributed by atoms with Crippen molar-refractivity contribution >= 4 is 0 Å². The van der Waals surface area contributed by atoms with Gasteiger partial charge < -0.3 is 9.64 Å². The van der Waals surface area contributed by atoms with Gasteiger partial charge >= 0.3 is 0 Å². The molecule has 0 atom stereocenters. The van der Waals surface area contributed by atoms with Gasteiger partial charge in [0.2, 0.25) is 0 Å². The van der Waals surface area contributed by atoms with Crippen molar-refractivity contribution in [2.24, 2.45) is 5.41 Å². The first kappa shape index (κ1) is 8.52. The summed E-state index contributed by atoms with van der Waals surface area (Å²) < 4.78 is 5.04. The van der Waals surface area contributed by atoms with Crippen LogP contribution in [-0.2, 0) is 4.74 Å². The molecule has 0 aromatic carbocycles. The molecule has 0 aromatic heterocycles. The minimum absolute atomic E-state index is 0.799. The van der Waals surface area contributed by atoms with Crippen LogP contribution < -0.4 is 0 Å². The maximum Gasteiger partial charge on any atom is 0.0474 e. The second kappa shape index (κ2) is 3.35. The van der Waals surface area contributed by atoms with E-state index in [0.717, 1.165) is 12.0 Å². The smallest absolute Gasteiger partial charge is 0.0474 e. The third-order valence-corrected chi connectivity index (χ3v) is 3.30. The Bertz CT molecular complexity index is 154. The van der Waals surface area contributed by atoms with E-state index in [1.807, 2.05) is 0 Å². The number of ether oxygens (including phenoxy) is 1. The van der Waals surface area contributed by atoms with Crippen LogP contribution in [0.15, 0.2) is 0 Å². The van der Waals surface area contributed by atoms with Gasteiger partial charge in [0.15, 0.2) is 0 Å². The van der Waals surface area contributed by atoms with Gasteiger partial charge in [0.1, 0.15) is 0 Å². The summed E-state index contributed by atoms with van der Waals surface area (Å²) in [4.78, 5) is 2.60. The van der Waals surface area contributed by atoms with E-state index in [4.69, 9.17) is 4.74 Å². The van der Waals surface area contributed by atoms with Crippen molar-refractivity contribution in [2.75, 3.05) is 33.4 Å². The van der Waals surface area contributed by atoms with Crippen LogP contribution >= 0.6 is 0 Å². The lowest BCUT2D eigenvalue weighted by atomic mass is 10.1. The standard InChI is InChI=1S/C10H19NO/c1-12-8-2-6-11-7-5-10(9-11)3-4-10/h2-9H2,1H3. The summed E-state index contributed by atoms with van der Waals surface area (Å²) in [5.74, 6) is 0. The molecule has 2 aliphatic rings. The highest BCUT2D eigenvalue weighted by Gasteiger charge is 2.47. The lowest BCUT2D eigenvalue weighted by Gasteiger charge is -2.14. The summed E-state index contributed by atoms with van der Waals surface area (Å²) in [7, 11) is 1.78. The molecule has 0 N–H and O–H groups in total. The molecule has 0 unspecified atom stereocenters. The maximum absolute atomic E-state index is 5.04. The molecule has 2 heteroatoms. The van der Waals surface area contributed by atoms with Crippen molar-refractivity contribution in [3.63, 3.8) is 0 Å². The molecule has 0 amide bonds. The number of hydrogen-bond acceptors (Lipinski definition) is 2. The topological polar surface area (TPSA) is 12.5 Å². The van der Waals surface area contributed by atoms with Gasteiger partial charge in [-0.1, -0.05) is 0 Å². The quantitative estimate of drug-likeness (QED) is 0.591. The highest BCUT2D eigenvalue weighted by atomic mass is 16.5. The fourth-order valence-corrected chi connectivity index (χ4v) is 2.24. The Labute approximate surface area is 74.9 Å². The van der Waals surface area contributed by atoms with E-state index in [9.17, 15) is 0 Å². The van der Waals surface area contributed by atoms with Crippen LogP contribution in [0.4, 0.5) is 0 Å².